The van der Waals surface area contributed by atoms with E-state index in [2.05, 4.69) is 20.5 Å². The summed E-state index contributed by atoms with van der Waals surface area (Å²) in [5.74, 6) is 1.26. The van der Waals surface area contributed by atoms with Crippen molar-refractivity contribution in [3.63, 3.8) is 0 Å². The van der Waals surface area contributed by atoms with Crippen LogP contribution in [0, 0.1) is 5.82 Å². The molecule has 2 N–H and O–H groups in total. The number of carbonyl (C=O) groups excluding carboxylic acids is 1. The number of fused-ring (bicyclic) bond motifs is 1. The number of hydrogen-bond donors (Lipinski definition) is 2. The molecular weight excluding hydrogens is 491 g/mol. The summed E-state index contributed by atoms with van der Waals surface area (Å²) in [5.41, 5.74) is 1.77. The van der Waals surface area contributed by atoms with E-state index in [0.717, 1.165) is 38.4 Å². The van der Waals surface area contributed by atoms with Gasteiger partial charge in [0.05, 0.1) is 31.5 Å². The molecule has 3 aromatic rings. The maximum atomic E-state index is 14.7. The molecule has 202 valence electrons. The fourth-order valence-corrected chi connectivity index (χ4v) is 3.90. The van der Waals surface area contributed by atoms with Crippen LogP contribution >= 0.6 is 0 Å². The molecule has 2 heterocycles. The number of rotatable bonds is 10. The maximum Gasteiger partial charge on any atom is 0.319 e. The van der Waals surface area contributed by atoms with Crippen molar-refractivity contribution in [3.05, 3.63) is 60.1 Å². The minimum Gasteiger partial charge on any atom is -0.493 e. The molecule has 1 fully saturated rings. The van der Waals surface area contributed by atoms with E-state index in [-0.39, 0.29) is 11.4 Å². The van der Waals surface area contributed by atoms with Crippen LogP contribution in [0.15, 0.2) is 54.2 Å². The number of pyridine rings is 1. The Morgan fingerprint density at radius 2 is 1.95 bits per heavy atom. The van der Waals surface area contributed by atoms with Crippen LogP contribution in [0.1, 0.15) is 13.8 Å². The minimum absolute atomic E-state index is 0.0483. The number of carbonyl (C=O) groups is 1. The Kier molecular flexibility index (Phi) is 9.34. The Morgan fingerprint density at radius 3 is 2.68 bits per heavy atom. The SMILES string of the molecule is COc1cc2c(Oc3ccc(NC(=O)NCC=C(C)C)c(F)c3)ccnc2cc1OCCN1CCOCC1. The molecule has 0 aliphatic carbocycles. The van der Waals surface area contributed by atoms with Gasteiger partial charge in [0.25, 0.3) is 0 Å². The predicted molar refractivity (Wildman–Crippen MR) is 144 cm³/mol. The highest BCUT2D eigenvalue weighted by Gasteiger charge is 2.15. The van der Waals surface area contributed by atoms with E-state index in [9.17, 15) is 9.18 Å². The first kappa shape index (κ1) is 27.2. The highest BCUT2D eigenvalue weighted by molar-refractivity contribution is 5.90. The third kappa shape index (κ3) is 7.33. The summed E-state index contributed by atoms with van der Waals surface area (Å²) in [6.45, 7) is 8.77. The lowest BCUT2D eigenvalue weighted by Crippen LogP contribution is -2.38. The monoisotopic (exact) mass is 524 g/mol. The molecule has 0 bridgehead atoms. The van der Waals surface area contributed by atoms with Crippen molar-refractivity contribution in [2.24, 2.45) is 0 Å². The van der Waals surface area contributed by atoms with Crippen molar-refractivity contribution < 1.29 is 28.1 Å². The highest BCUT2D eigenvalue weighted by atomic mass is 19.1. The minimum atomic E-state index is -0.619. The van der Waals surface area contributed by atoms with Crippen LogP contribution in [-0.4, -0.2) is 69.0 Å². The van der Waals surface area contributed by atoms with Crippen LogP contribution in [0.4, 0.5) is 14.9 Å². The van der Waals surface area contributed by atoms with E-state index < -0.39 is 11.8 Å². The largest absolute Gasteiger partial charge is 0.493 e. The summed E-state index contributed by atoms with van der Waals surface area (Å²) < 4.78 is 37.7. The Balaban J connectivity index is 1.44. The number of urea groups is 1. The van der Waals surface area contributed by atoms with Gasteiger partial charge in [-0.2, -0.15) is 0 Å². The molecule has 1 aliphatic heterocycles. The third-order valence-corrected chi connectivity index (χ3v) is 5.95. The molecule has 1 saturated heterocycles. The number of morpholine rings is 1. The van der Waals surface area contributed by atoms with Crippen LogP contribution in [-0.2, 0) is 4.74 Å². The molecule has 9 nitrogen and oxygen atoms in total. The number of nitrogens with one attached hydrogen (secondary N) is 2. The summed E-state index contributed by atoms with van der Waals surface area (Å²) in [4.78, 5) is 18.7. The first-order valence-corrected chi connectivity index (χ1v) is 12.5. The average molecular weight is 525 g/mol. The Bertz CT molecular complexity index is 1290. The van der Waals surface area contributed by atoms with Gasteiger partial charge < -0.3 is 29.6 Å². The summed E-state index contributed by atoms with van der Waals surface area (Å²) >= 11 is 0. The van der Waals surface area contributed by atoms with Crippen molar-refractivity contribution >= 4 is 22.6 Å². The van der Waals surface area contributed by atoms with Gasteiger partial charge in [0, 0.05) is 49.9 Å². The lowest BCUT2D eigenvalue weighted by atomic mass is 10.1. The first-order chi connectivity index (χ1) is 18.4. The van der Waals surface area contributed by atoms with Gasteiger partial charge in [0.1, 0.15) is 23.9 Å². The summed E-state index contributed by atoms with van der Waals surface area (Å²) in [5, 5.41) is 5.84. The number of ether oxygens (including phenoxy) is 4. The zero-order valence-corrected chi connectivity index (χ0v) is 21.9. The molecule has 2 aromatic carbocycles. The van der Waals surface area contributed by atoms with E-state index in [1.165, 1.54) is 12.1 Å². The molecular formula is C28H33FN4O5. The fourth-order valence-electron chi connectivity index (χ4n) is 3.90. The summed E-state index contributed by atoms with van der Waals surface area (Å²) in [6.07, 6.45) is 3.48. The number of methoxy groups -OCH3 is 1. The summed E-state index contributed by atoms with van der Waals surface area (Å²) in [7, 11) is 1.57. The van der Waals surface area contributed by atoms with Crippen LogP contribution in [0.5, 0.6) is 23.0 Å². The van der Waals surface area contributed by atoms with Gasteiger partial charge in [0.15, 0.2) is 11.5 Å². The molecule has 4 rings (SSSR count). The van der Waals surface area contributed by atoms with Crippen molar-refractivity contribution in [3.8, 4) is 23.0 Å². The van der Waals surface area contributed by atoms with Gasteiger partial charge >= 0.3 is 6.03 Å². The lowest BCUT2D eigenvalue weighted by molar-refractivity contribution is 0.0321. The molecule has 10 heteroatoms. The smallest absolute Gasteiger partial charge is 0.319 e. The zero-order valence-electron chi connectivity index (χ0n) is 21.9. The molecule has 2 amide bonds. The van der Waals surface area contributed by atoms with Gasteiger partial charge in [-0.3, -0.25) is 9.88 Å². The second kappa shape index (κ2) is 13.1. The van der Waals surface area contributed by atoms with Crippen molar-refractivity contribution in [1.29, 1.82) is 0 Å². The fraction of sp³-hybridized carbons (Fsp3) is 0.357. The van der Waals surface area contributed by atoms with Gasteiger partial charge in [-0.1, -0.05) is 11.6 Å². The molecule has 0 atom stereocenters. The summed E-state index contributed by atoms with van der Waals surface area (Å²) in [6, 6.07) is 9.06. The number of benzene rings is 2. The van der Waals surface area contributed by atoms with Gasteiger partial charge in [-0.05, 0) is 38.1 Å². The Hall–Kier alpha value is -3.89. The maximum absolute atomic E-state index is 14.7. The quantitative estimate of drug-likeness (QED) is 0.362. The number of allylic oxidation sites excluding steroid dienone is 1. The number of aromatic nitrogens is 1. The number of amides is 2. The topological polar surface area (TPSA) is 94.2 Å². The molecule has 1 aliphatic rings. The van der Waals surface area contributed by atoms with E-state index in [4.69, 9.17) is 18.9 Å². The molecule has 0 radical (unpaired) electrons. The second-order valence-corrected chi connectivity index (χ2v) is 8.99. The van der Waals surface area contributed by atoms with Crippen molar-refractivity contribution in [1.82, 2.24) is 15.2 Å². The van der Waals surface area contributed by atoms with Crippen molar-refractivity contribution in [2.45, 2.75) is 13.8 Å². The molecule has 0 saturated carbocycles. The average Bonchev–Trinajstić information content (AvgIpc) is 2.90. The normalized spacial score (nSPS) is 13.6. The third-order valence-electron chi connectivity index (χ3n) is 5.95. The standard InChI is InChI=1S/C28H33FN4O5/c1-19(2)6-8-31-28(34)32-23-5-4-20(16-22(23)29)38-25-7-9-30-24-18-27(26(35-3)17-21(24)25)37-15-12-33-10-13-36-14-11-33/h4-7,9,16-18H,8,10-15H2,1-3H3,(H2,31,32,34). The number of hydrogen-bond acceptors (Lipinski definition) is 7. The second-order valence-electron chi connectivity index (χ2n) is 8.99. The van der Waals surface area contributed by atoms with E-state index in [1.807, 2.05) is 26.0 Å². The molecule has 38 heavy (non-hydrogen) atoms. The predicted octanol–water partition coefficient (Wildman–Crippen LogP) is 4.97. The van der Waals surface area contributed by atoms with E-state index >= 15 is 0 Å². The Morgan fingerprint density at radius 1 is 1.13 bits per heavy atom. The van der Waals surface area contributed by atoms with Crippen LogP contribution < -0.4 is 24.8 Å². The van der Waals surface area contributed by atoms with Crippen molar-refractivity contribution in [2.75, 3.05) is 58.4 Å². The van der Waals surface area contributed by atoms with E-state index in [1.54, 1.807) is 31.5 Å². The van der Waals surface area contributed by atoms with Gasteiger partial charge in [-0.25, -0.2) is 9.18 Å². The van der Waals surface area contributed by atoms with E-state index in [0.29, 0.717) is 41.3 Å². The van der Waals surface area contributed by atoms with Gasteiger partial charge in [0.2, 0.25) is 0 Å². The number of nitrogens with zero attached hydrogens (tertiary/aromatic N) is 2. The van der Waals surface area contributed by atoms with Gasteiger partial charge in [-0.15, -0.1) is 0 Å². The van der Waals surface area contributed by atoms with Crippen LogP contribution in [0.3, 0.4) is 0 Å². The van der Waals surface area contributed by atoms with Crippen LogP contribution in [0.2, 0.25) is 0 Å². The lowest BCUT2D eigenvalue weighted by Gasteiger charge is -2.26. The molecule has 0 spiro atoms. The molecule has 1 aromatic heterocycles. The first-order valence-electron chi connectivity index (χ1n) is 12.5. The number of anilines is 1. The van der Waals surface area contributed by atoms with Crippen LogP contribution in [0.25, 0.3) is 10.9 Å². The number of halogens is 1. The molecule has 0 unspecified atom stereocenters. The Labute approximate surface area is 221 Å². The zero-order chi connectivity index (χ0) is 26.9. The highest BCUT2D eigenvalue weighted by Crippen LogP contribution is 2.37.